The Bertz CT molecular complexity index is 955. The van der Waals surface area contributed by atoms with Crippen LogP contribution in [0.2, 0.25) is 0 Å². The summed E-state index contributed by atoms with van der Waals surface area (Å²) in [5, 5.41) is 0. The van der Waals surface area contributed by atoms with E-state index in [1.165, 1.54) is 17.7 Å². The first kappa shape index (κ1) is 21.3. The first-order valence-corrected chi connectivity index (χ1v) is 11.2. The number of rotatable bonds is 6. The first-order chi connectivity index (χ1) is 13.8. The van der Waals surface area contributed by atoms with Gasteiger partial charge in [-0.2, -0.15) is 4.72 Å². The minimum absolute atomic E-state index is 0.0607. The van der Waals surface area contributed by atoms with E-state index in [1.807, 2.05) is 19.1 Å². The third-order valence-corrected chi connectivity index (χ3v) is 6.57. The van der Waals surface area contributed by atoms with E-state index in [1.54, 1.807) is 11.8 Å². The lowest BCUT2D eigenvalue weighted by atomic mass is 10.1. The molecule has 156 valence electrons. The van der Waals surface area contributed by atoms with Crippen LogP contribution < -0.4 is 9.62 Å². The van der Waals surface area contributed by atoms with Crippen LogP contribution in [0.4, 0.5) is 10.1 Å². The average Bonchev–Trinajstić information content (AvgIpc) is 2.72. The number of hydrogen-bond donors (Lipinski definition) is 1. The maximum Gasteiger partial charge on any atom is 0.241 e. The number of sulfonamides is 1. The molecule has 0 radical (unpaired) electrons. The lowest BCUT2D eigenvalue weighted by Gasteiger charge is -2.37. The van der Waals surface area contributed by atoms with Crippen molar-refractivity contribution in [3.63, 3.8) is 0 Å². The Labute approximate surface area is 171 Å². The summed E-state index contributed by atoms with van der Waals surface area (Å²) in [6.45, 7) is 6.25. The molecule has 1 aliphatic rings. The molecule has 2 aromatic carbocycles. The minimum Gasteiger partial charge on any atom is -0.368 e. The van der Waals surface area contributed by atoms with Crippen LogP contribution in [0.15, 0.2) is 53.4 Å². The van der Waals surface area contributed by atoms with Crippen LogP contribution in [-0.4, -0.2) is 51.4 Å². The molecule has 3 rings (SSSR count). The molecular formula is C21H26FN3O3S. The second-order valence-electron chi connectivity index (χ2n) is 7.19. The van der Waals surface area contributed by atoms with Crippen LogP contribution in [0.25, 0.3) is 0 Å². The lowest BCUT2D eigenvalue weighted by molar-refractivity contribution is -0.133. The van der Waals surface area contributed by atoms with Crippen LogP contribution >= 0.6 is 0 Å². The summed E-state index contributed by atoms with van der Waals surface area (Å²) < 4.78 is 40.7. The van der Waals surface area contributed by atoms with Gasteiger partial charge < -0.3 is 9.80 Å². The summed E-state index contributed by atoms with van der Waals surface area (Å²) in [5.74, 6) is -0.749. The van der Waals surface area contributed by atoms with E-state index < -0.39 is 21.9 Å². The molecule has 0 aliphatic carbocycles. The number of carbonyl (C=O) groups excluding carboxylic acids is 1. The number of carbonyl (C=O) groups is 1. The molecule has 1 heterocycles. The molecule has 8 heteroatoms. The van der Waals surface area contributed by atoms with E-state index in [0.29, 0.717) is 32.6 Å². The van der Waals surface area contributed by atoms with Gasteiger partial charge in [-0.15, -0.1) is 0 Å². The van der Waals surface area contributed by atoms with Gasteiger partial charge >= 0.3 is 0 Å². The average molecular weight is 420 g/mol. The zero-order valence-electron chi connectivity index (χ0n) is 16.6. The van der Waals surface area contributed by atoms with Gasteiger partial charge in [-0.1, -0.05) is 19.1 Å². The van der Waals surface area contributed by atoms with Crippen LogP contribution in [0.3, 0.4) is 0 Å². The maximum atomic E-state index is 13.1. The molecule has 1 aliphatic heterocycles. The van der Waals surface area contributed by atoms with Crippen LogP contribution in [-0.2, 0) is 14.8 Å². The van der Waals surface area contributed by atoms with Crippen molar-refractivity contribution in [2.75, 3.05) is 31.1 Å². The van der Waals surface area contributed by atoms with Crippen LogP contribution in [0.1, 0.15) is 18.9 Å². The number of nitrogens with zero attached hydrogens (tertiary/aromatic N) is 2. The molecule has 1 saturated heterocycles. The van der Waals surface area contributed by atoms with Gasteiger partial charge in [-0.05, 0) is 55.3 Å². The van der Waals surface area contributed by atoms with E-state index in [-0.39, 0.29) is 10.8 Å². The van der Waals surface area contributed by atoms with E-state index in [0.717, 1.165) is 17.8 Å². The molecule has 6 nitrogen and oxygen atoms in total. The largest absolute Gasteiger partial charge is 0.368 e. The molecule has 0 aromatic heterocycles. The highest BCUT2D eigenvalue weighted by atomic mass is 32.2. The number of amides is 1. The Morgan fingerprint density at radius 2 is 1.76 bits per heavy atom. The third kappa shape index (κ3) is 5.13. The van der Waals surface area contributed by atoms with Crippen molar-refractivity contribution in [1.82, 2.24) is 9.62 Å². The van der Waals surface area contributed by atoms with Gasteiger partial charge in [-0.3, -0.25) is 4.79 Å². The van der Waals surface area contributed by atoms with Gasteiger partial charge in [0, 0.05) is 31.9 Å². The van der Waals surface area contributed by atoms with Crippen LogP contribution in [0, 0.1) is 12.7 Å². The predicted octanol–water partition coefficient (Wildman–Crippen LogP) is 2.54. The van der Waals surface area contributed by atoms with Crippen molar-refractivity contribution in [3.05, 3.63) is 59.9 Å². The lowest BCUT2D eigenvalue weighted by Crippen LogP contribution is -2.54. The molecule has 1 atom stereocenters. The Morgan fingerprint density at radius 1 is 1.10 bits per heavy atom. The van der Waals surface area contributed by atoms with E-state index >= 15 is 0 Å². The first-order valence-electron chi connectivity index (χ1n) is 9.68. The van der Waals surface area contributed by atoms with Crippen molar-refractivity contribution in [1.29, 1.82) is 0 Å². The predicted molar refractivity (Wildman–Crippen MR) is 111 cm³/mol. The molecule has 0 spiro atoms. The summed E-state index contributed by atoms with van der Waals surface area (Å²) in [6.07, 6.45) is 0.331. The Hall–Kier alpha value is -2.45. The number of benzene rings is 2. The van der Waals surface area contributed by atoms with Gasteiger partial charge in [0.15, 0.2) is 0 Å². The SMILES string of the molecule is CCC(NS(=O)(=O)c1ccc(F)cc1)C(=O)N1CCN(c2cccc(C)c2)CC1. The Kier molecular flexibility index (Phi) is 6.54. The van der Waals surface area contributed by atoms with Gasteiger partial charge in [0.05, 0.1) is 4.90 Å². The van der Waals surface area contributed by atoms with E-state index in [2.05, 4.69) is 21.8 Å². The number of aryl methyl sites for hydroxylation is 1. The molecule has 0 bridgehead atoms. The number of halogens is 1. The van der Waals surface area contributed by atoms with Crippen molar-refractivity contribution >= 4 is 21.6 Å². The molecule has 1 amide bonds. The summed E-state index contributed by atoms with van der Waals surface area (Å²) in [5.41, 5.74) is 2.31. The zero-order chi connectivity index (χ0) is 21.0. The Balaban J connectivity index is 1.63. The molecule has 0 saturated carbocycles. The highest BCUT2D eigenvalue weighted by molar-refractivity contribution is 7.89. The quantitative estimate of drug-likeness (QED) is 0.781. The van der Waals surface area contributed by atoms with Crippen molar-refractivity contribution in [2.24, 2.45) is 0 Å². The molecule has 1 fully saturated rings. The summed E-state index contributed by atoms with van der Waals surface area (Å²) in [7, 11) is -3.91. The number of piperazine rings is 1. The molecule has 29 heavy (non-hydrogen) atoms. The van der Waals surface area contributed by atoms with Gasteiger partial charge in [0.2, 0.25) is 15.9 Å². The standard InChI is InChI=1S/C21H26FN3O3S/c1-3-20(23-29(27,28)19-9-7-17(22)8-10-19)21(26)25-13-11-24(12-14-25)18-6-4-5-16(2)15-18/h4-10,15,20,23H,3,11-14H2,1-2H3. The second kappa shape index (κ2) is 8.92. The molecular weight excluding hydrogens is 393 g/mol. The summed E-state index contributed by atoms with van der Waals surface area (Å²) in [6, 6.07) is 11.9. The third-order valence-electron chi connectivity index (χ3n) is 5.09. The van der Waals surface area contributed by atoms with Crippen LogP contribution in [0.5, 0.6) is 0 Å². The summed E-state index contributed by atoms with van der Waals surface area (Å²) >= 11 is 0. The number of hydrogen-bond acceptors (Lipinski definition) is 4. The van der Waals surface area contributed by atoms with Gasteiger partial charge in [0.25, 0.3) is 0 Å². The fourth-order valence-electron chi connectivity index (χ4n) is 3.41. The highest BCUT2D eigenvalue weighted by Crippen LogP contribution is 2.19. The van der Waals surface area contributed by atoms with Crippen molar-refractivity contribution in [2.45, 2.75) is 31.2 Å². The Morgan fingerprint density at radius 3 is 2.34 bits per heavy atom. The van der Waals surface area contributed by atoms with Crippen molar-refractivity contribution in [3.8, 4) is 0 Å². The molecule has 2 aromatic rings. The monoisotopic (exact) mass is 419 g/mol. The maximum absolute atomic E-state index is 13.1. The summed E-state index contributed by atoms with van der Waals surface area (Å²) in [4.78, 5) is 16.8. The smallest absolute Gasteiger partial charge is 0.241 e. The van der Waals surface area contributed by atoms with E-state index in [4.69, 9.17) is 0 Å². The van der Waals surface area contributed by atoms with Crippen molar-refractivity contribution < 1.29 is 17.6 Å². The molecule has 1 unspecified atom stereocenters. The second-order valence-corrected chi connectivity index (χ2v) is 8.90. The number of nitrogens with one attached hydrogen (secondary N) is 1. The fraction of sp³-hybridized carbons (Fsp3) is 0.381. The normalized spacial score (nSPS) is 16.0. The fourth-order valence-corrected chi connectivity index (χ4v) is 4.68. The minimum atomic E-state index is -3.91. The van der Waals surface area contributed by atoms with Gasteiger partial charge in [-0.25, -0.2) is 12.8 Å². The zero-order valence-corrected chi connectivity index (χ0v) is 17.5. The highest BCUT2D eigenvalue weighted by Gasteiger charge is 2.30. The topological polar surface area (TPSA) is 69.7 Å². The van der Waals surface area contributed by atoms with E-state index in [9.17, 15) is 17.6 Å². The van der Waals surface area contributed by atoms with Gasteiger partial charge in [0.1, 0.15) is 11.9 Å². The molecule has 1 N–H and O–H groups in total. The number of anilines is 1.